The number of hydrogen-bond acceptors (Lipinski definition) is 8. The summed E-state index contributed by atoms with van der Waals surface area (Å²) in [5, 5.41) is 9.78. The van der Waals surface area contributed by atoms with Crippen molar-refractivity contribution in [2.24, 2.45) is 0 Å². The average Bonchev–Trinajstić information content (AvgIpc) is 2.90. The van der Waals surface area contributed by atoms with Crippen molar-refractivity contribution in [2.45, 2.75) is 12.8 Å². The molecule has 150 valence electrons. The first-order chi connectivity index (χ1) is 12.7. The maximum absolute atomic E-state index is 9.03. The lowest BCUT2D eigenvalue weighted by Gasteiger charge is -2.22. The van der Waals surface area contributed by atoms with E-state index in [0.717, 1.165) is 51.0 Å². The Hall–Kier alpha value is -2.03. The second-order valence-electron chi connectivity index (χ2n) is 6.37. The summed E-state index contributed by atoms with van der Waals surface area (Å²) in [6.07, 6.45) is 1.82. The number of halogens is 1. The molecule has 2 aromatic rings. The van der Waals surface area contributed by atoms with Crippen molar-refractivity contribution in [3.63, 3.8) is 0 Å². The molecule has 9 heteroatoms. The number of nitrogen functional groups attached to an aromatic ring is 1. The summed E-state index contributed by atoms with van der Waals surface area (Å²) in [7, 11) is 3.20. The van der Waals surface area contributed by atoms with E-state index in [0.29, 0.717) is 28.8 Å². The predicted octanol–water partition coefficient (Wildman–Crippen LogP) is 1.55. The highest BCUT2D eigenvalue weighted by molar-refractivity contribution is 5.95. The lowest BCUT2D eigenvalue weighted by Crippen LogP contribution is -2.32. The topological polar surface area (TPSA) is 97.0 Å². The van der Waals surface area contributed by atoms with Gasteiger partial charge in [0.15, 0.2) is 11.5 Å². The molecule has 0 aliphatic carbocycles. The van der Waals surface area contributed by atoms with E-state index in [-0.39, 0.29) is 19.0 Å². The Morgan fingerprint density at radius 2 is 1.93 bits per heavy atom. The van der Waals surface area contributed by atoms with Crippen LogP contribution in [0.25, 0.3) is 10.9 Å². The van der Waals surface area contributed by atoms with E-state index >= 15 is 0 Å². The fourth-order valence-corrected chi connectivity index (χ4v) is 3.35. The number of nitrogens with two attached hydrogens (primary N) is 1. The van der Waals surface area contributed by atoms with E-state index in [1.165, 1.54) is 0 Å². The van der Waals surface area contributed by atoms with Crippen LogP contribution < -0.4 is 20.1 Å². The first-order valence-electron chi connectivity index (χ1n) is 8.94. The number of aliphatic hydroxyl groups is 1. The van der Waals surface area contributed by atoms with E-state index in [2.05, 4.69) is 14.8 Å². The van der Waals surface area contributed by atoms with Crippen molar-refractivity contribution < 1.29 is 14.6 Å². The van der Waals surface area contributed by atoms with E-state index in [1.54, 1.807) is 14.2 Å². The molecule has 27 heavy (non-hydrogen) atoms. The molecule has 0 unspecified atom stereocenters. The van der Waals surface area contributed by atoms with E-state index in [1.807, 2.05) is 12.1 Å². The van der Waals surface area contributed by atoms with Crippen LogP contribution in [-0.2, 0) is 0 Å². The molecule has 0 radical (unpaired) electrons. The summed E-state index contributed by atoms with van der Waals surface area (Å²) in [5.74, 6) is 2.24. The first kappa shape index (κ1) is 21.3. The molecule has 0 amide bonds. The number of benzene rings is 1. The summed E-state index contributed by atoms with van der Waals surface area (Å²) < 4.78 is 10.9. The minimum absolute atomic E-state index is 0. The van der Waals surface area contributed by atoms with Gasteiger partial charge in [-0.25, -0.2) is 4.98 Å². The molecule has 8 nitrogen and oxygen atoms in total. The summed E-state index contributed by atoms with van der Waals surface area (Å²) in [6.45, 7) is 4.75. The van der Waals surface area contributed by atoms with Gasteiger partial charge >= 0.3 is 0 Å². The number of ether oxygens (including phenoxy) is 2. The van der Waals surface area contributed by atoms with Gasteiger partial charge in [0.2, 0.25) is 5.95 Å². The molecule has 2 heterocycles. The molecule has 0 saturated carbocycles. The van der Waals surface area contributed by atoms with Gasteiger partial charge in [-0.05, 0) is 31.5 Å². The van der Waals surface area contributed by atoms with Gasteiger partial charge in [0.05, 0.1) is 14.2 Å². The first-order valence-corrected chi connectivity index (χ1v) is 8.94. The average molecular weight is 398 g/mol. The van der Waals surface area contributed by atoms with Gasteiger partial charge in [-0.2, -0.15) is 4.98 Å². The molecule has 1 aliphatic rings. The monoisotopic (exact) mass is 397 g/mol. The highest BCUT2D eigenvalue weighted by Crippen LogP contribution is 2.36. The van der Waals surface area contributed by atoms with Gasteiger partial charge in [0.25, 0.3) is 0 Å². The third-order valence-electron chi connectivity index (χ3n) is 4.73. The largest absolute Gasteiger partial charge is 0.493 e. The Balaban J connectivity index is 0.00000261. The fourth-order valence-electron chi connectivity index (χ4n) is 3.35. The molecule has 1 aromatic heterocycles. The van der Waals surface area contributed by atoms with Crippen molar-refractivity contribution in [3.8, 4) is 11.5 Å². The second kappa shape index (κ2) is 9.77. The van der Waals surface area contributed by atoms with Gasteiger partial charge in [-0.3, -0.25) is 0 Å². The summed E-state index contributed by atoms with van der Waals surface area (Å²) in [4.78, 5) is 13.8. The van der Waals surface area contributed by atoms with Crippen LogP contribution >= 0.6 is 12.4 Å². The molecular formula is C18H28ClN5O3. The highest BCUT2D eigenvalue weighted by Gasteiger charge is 2.20. The number of aromatic nitrogens is 2. The van der Waals surface area contributed by atoms with Gasteiger partial charge in [-0.1, -0.05) is 0 Å². The SMILES string of the molecule is COc1ccc2c(N)nc(N3CCCN(CCCO)CC3)nc2c1OC.Cl. The van der Waals surface area contributed by atoms with Crippen LogP contribution in [0.5, 0.6) is 11.5 Å². The van der Waals surface area contributed by atoms with Crippen LogP contribution in [0, 0.1) is 0 Å². The van der Waals surface area contributed by atoms with Crippen LogP contribution in [0.4, 0.5) is 11.8 Å². The number of aliphatic hydroxyl groups excluding tert-OH is 1. The van der Waals surface area contributed by atoms with Crippen LogP contribution in [-0.4, -0.2) is 73.5 Å². The van der Waals surface area contributed by atoms with Crippen LogP contribution in [0.2, 0.25) is 0 Å². The van der Waals surface area contributed by atoms with Crippen LogP contribution in [0.15, 0.2) is 12.1 Å². The van der Waals surface area contributed by atoms with E-state index < -0.39 is 0 Å². The Bertz CT molecular complexity index is 761. The van der Waals surface area contributed by atoms with Gasteiger partial charge in [0, 0.05) is 38.2 Å². The molecule has 0 bridgehead atoms. The number of rotatable bonds is 6. The van der Waals surface area contributed by atoms with Crippen molar-refractivity contribution in [2.75, 3.05) is 64.2 Å². The molecular weight excluding hydrogens is 370 g/mol. The Kier molecular flexibility index (Phi) is 7.70. The maximum atomic E-state index is 9.03. The molecule has 1 fully saturated rings. The summed E-state index contributed by atoms with van der Waals surface area (Å²) in [6, 6.07) is 3.67. The Morgan fingerprint density at radius 1 is 1.11 bits per heavy atom. The zero-order valence-electron chi connectivity index (χ0n) is 15.8. The fraction of sp³-hybridized carbons (Fsp3) is 0.556. The molecule has 0 spiro atoms. The van der Waals surface area contributed by atoms with Gasteiger partial charge < -0.3 is 30.1 Å². The quantitative estimate of drug-likeness (QED) is 0.757. The zero-order chi connectivity index (χ0) is 18.5. The van der Waals surface area contributed by atoms with Gasteiger partial charge in [-0.15, -0.1) is 12.4 Å². The number of anilines is 2. The number of fused-ring (bicyclic) bond motifs is 1. The van der Waals surface area contributed by atoms with E-state index in [9.17, 15) is 0 Å². The van der Waals surface area contributed by atoms with Crippen molar-refractivity contribution in [1.29, 1.82) is 0 Å². The lowest BCUT2D eigenvalue weighted by atomic mass is 10.2. The highest BCUT2D eigenvalue weighted by atomic mass is 35.5. The summed E-state index contributed by atoms with van der Waals surface area (Å²) >= 11 is 0. The minimum atomic E-state index is 0. The molecule has 1 saturated heterocycles. The Morgan fingerprint density at radius 3 is 2.63 bits per heavy atom. The molecule has 1 aliphatic heterocycles. The third kappa shape index (κ3) is 4.63. The molecule has 1 aromatic carbocycles. The Labute approximate surface area is 165 Å². The van der Waals surface area contributed by atoms with Gasteiger partial charge in [0.1, 0.15) is 11.3 Å². The van der Waals surface area contributed by atoms with Crippen molar-refractivity contribution >= 4 is 35.1 Å². The summed E-state index contributed by atoms with van der Waals surface area (Å²) in [5.41, 5.74) is 6.86. The zero-order valence-corrected chi connectivity index (χ0v) is 16.7. The van der Waals surface area contributed by atoms with Crippen molar-refractivity contribution in [3.05, 3.63) is 12.1 Å². The number of methoxy groups -OCH3 is 2. The minimum Gasteiger partial charge on any atom is -0.493 e. The predicted molar refractivity (Wildman–Crippen MR) is 109 cm³/mol. The molecule has 3 N–H and O–H groups in total. The molecule has 3 rings (SSSR count). The van der Waals surface area contributed by atoms with E-state index in [4.69, 9.17) is 25.3 Å². The van der Waals surface area contributed by atoms with Crippen LogP contribution in [0.3, 0.4) is 0 Å². The van der Waals surface area contributed by atoms with Crippen molar-refractivity contribution in [1.82, 2.24) is 14.9 Å². The lowest BCUT2D eigenvalue weighted by molar-refractivity contribution is 0.232. The smallest absolute Gasteiger partial charge is 0.228 e. The third-order valence-corrected chi connectivity index (χ3v) is 4.73. The normalized spacial score (nSPS) is 15.3. The maximum Gasteiger partial charge on any atom is 0.228 e. The standard InChI is InChI=1S/C18H27N5O3.ClH/c1-25-14-6-5-13-15(16(14)26-2)20-18(21-17(13)19)23-9-3-7-22(10-11-23)8-4-12-24;/h5-6,24H,3-4,7-12H2,1-2H3,(H2,19,20,21);1H. The molecule has 0 atom stereocenters. The number of hydrogen-bond donors (Lipinski definition) is 2. The second-order valence-corrected chi connectivity index (χ2v) is 6.37. The van der Waals surface area contributed by atoms with Crippen LogP contribution in [0.1, 0.15) is 12.8 Å². The number of nitrogens with zero attached hydrogens (tertiary/aromatic N) is 4.